The summed E-state index contributed by atoms with van der Waals surface area (Å²) in [5.74, 6) is 0.287. The van der Waals surface area contributed by atoms with Gasteiger partial charge in [0.2, 0.25) is 0 Å². The molecule has 16 heavy (non-hydrogen) atoms. The van der Waals surface area contributed by atoms with Gasteiger partial charge in [-0.15, -0.1) is 0 Å². The van der Waals surface area contributed by atoms with Crippen molar-refractivity contribution in [1.82, 2.24) is 0 Å². The van der Waals surface area contributed by atoms with Gasteiger partial charge in [0.05, 0.1) is 11.7 Å². The topological polar surface area (TPSA) is 20.2 Å². The molecule has 1 saturated carbocycles. The van der Waals surface area contributed by atoms with Gasteiger partial charge in [-0.3, -0.25) is 0 Å². The van der Waals surface area contributed by atoms with Crippen LogP contribution in [-0.2, 0) is 12.6 Å². The molecule has 1 atom stereocenters. The highest BCUT2D eigenvalue weighted by atomic mass is 19.4. The van der Waals surface area contributed by atoms with Gasteiger partial charge < -0.3 is 5.11 Å². The Kier molecular flexibility index (Phi) is 2.93. The average Bonchev–Trinajstić information content (AvgIpc) is 2.99. The van der Waals surface area contributed by atoms with Gasteiger partial charge in [0.1, 0.15) is 0 Å². The number of rotatable bonds is 3. The summed E-state index contributed by atoms with van der Waals surface area (Å²) in [6.45, 7) is 0. The fourth-order valence-corrected chi connectivity index (χ4v) is 1.76. The molecule has 1 N–H and O–H groups in total. The van der Waals surface area contributed by atoms with Crippen molar-refractivity contribution in [2.45, 2.75) is 31.5 Å². The molecule has 1 nitrogen and oxygen atoms in total. The second-order valence-electron chi connectivity index (χ2n) is 4.31. The highest BCUT2D eigenvalue weighted by Gasteiger charge is 2.32. The predicted molar refractivity (Wildman–Crippen MR) is 53.9 cm³/mol. The lowest BCUT2D eigenvalue weighted by molar-refractivity contribution is -0.137. The Morgan fingerprint density at radius 2 is 2.00 bits per heavy atom. The standard InChI is InChI=1S/C12H13F3O/c13-12(14,15)10-3-1-2-8(6-10)7-11(16)9-4-5-9/h1-3,6,9,11,16H,4-5,7H2. The zero-order valence-corrected chi connectivity index (χ0v) is 8.67. The molecule has 1 unspecified atom stereocenters. The van der Waals surface area contributed by atoms with E-state index in [1.165, 1.54) is 6.07 Å². The highest BCUT2D eigenvalue weighted by molar-refractivity contribution is 5.26. The predicted octanol–water partition coefficient (Wildman–Crippen LogP) is 3.02. The van der Waals surface area contributed by atoms with E-state index in [1.807, 2.05) is 0 Å². The molecule has 0 heterocycles. The van der Waals surface area contributed by atoms with Crippen molar-refractivity contribution in [3.63, 3.8) is 0 Å². The van der Waals surface area contributed by atoms with Gasteiger partial charge in [-0.1, -0.05) is 18.2 Å². The molecular weight excluding hydrogens is 217 g/mol. The van der Waals surface area contributed by atoms with Gasteiger partial charge in [-0.2, -0.15) is 13.2 Å². The molecule has 0 saturated heterocycles. The molecule has 0 bridgehead atoms. The van der Waals surface area contributed by atoms with Crippen molar-refractivity contribution in [1.29, 1.82) is 0 Å². The molecule has 2 rings (SSSR count). The largest absolute Gasteiger partial charge is 0.416 e. The second-order valence-corrected chi connectivity index (χ2v) is 4.31. The van der Waals surface area contributed by atoms with Crippen LogP contribution in [0.15, 0.2) is 24.3 Å². The van der Waals surface area contributed by atoms with E-state index in [-0.39, 0.29) is 5.92 Å². The molecule has 4 heteroatoms. The monoisotopic (exact) mass is 230 g/mol. The van der Waals surface area contributed by atoms with E-state index in [1.54, 1.807) is 6.07 Å². The summed E-state index contributed by atoms with van der Waals surface area (Å²) in [7, 11) is 0. The molecule has 1 aromatic rings. The third kappa shape index (κ3) is 2.76. The molecule has 88 valence electrons. The van der Waals surface area contributed by atoms with Crippen molar-refractivity contribution >= 4 is 0 Å². The Morgan fingerprint density at radius 3 is 2.56 bits per heavy atom. The van der Waals surface area contributed by atoms with E-state index in [2.05, 4.69) is 0 Å². The van der Waals surface area contributed by atoms with Crippen LogP contribution in [0.3, 0.4) is 0 Å². The van der Waals surface area contributed by atoms with E-state index in [0.717, 1.165) is 25.0 Å². The number of halogens is 3. The molecular formula is C12H13F3O. The Balaban J connectivity index is 2.09. The molecule has 0 aliphatic heterocycles. The van der Waals surface area contributed by atoms with Crippen LogP contribution in [0.4, 0.5) is 13.2 Å². The minimum absolute atomic E-state index is 0.287. The minimum Gasteiger partial charge on any atom is -0.392 e. The van der Waals surface area contributed by atoms with Crippen LogP contribution in [0.5, 0.6) is 0 Å². The lowest BCUT2D eigenvalue weighted by Crippen LogP contribution is -2.13. The maximum absolute atomic E-state index is 12.4. The molecule has 0 aromatic heterocycles. The SMILES string of the molecule is OC(Cc1cccc(C(F)(F)F)c1)C1CC1. The third-order valence-corrected chi connectivity index (χ3v) is 2.87. The van der Waals surface area contributed by atoms with Crippen LogP contribution in [0.2, 0.25) is 0 Å². The van der Waals surface area contributed by atoms with E-state index in [4.69, 9.17) is 0 Å². The smallest absolute Gasteiger partial charge is 0.392 e. The third-order valence-electron chi connectivity index (χ3n) is 2.87. The summed E-state index contributed by atoms with van der Waals surface area (Å²) < 4.78 is 37.2. The van der Waals surface area contributed by atoms with Crippen LogP contribution >= 0.6 is 0 Å². The van der Waals surface area contributed by atoms with E-state index in [9.17, 15) is 18.3 Å². The first-order valence-electron chi connectivity index (χ1n) is 5.31. The van der Waals surface area contributed by atoms with Gasteiger partial charge >= 0.3 is 6.18 Å². The lowest BCUT2D eigenvalue weighted by Gasteiger charge is -2.11. The first-order valence-corrected chi connectivity index (χ1v) is 5.31. The molecule has 1 fully saturated rings. The quantitative estimate of drug-likeness (QED) is 0.846. The number of aliphatic hydroxyl groups excluding tert-OH is 1. The first kappa shape index (κ1) is 11.5. The summed E-state index contributed by atoms with van der Waals surface area (Å²) in [5, 5.41) is 9.65. The van der Waals surface area contributed by atoms with Gasteiger partial charge in [0.25, 0.3) is 0 Å². The van der Waals surface area contributed by atoms with Crippen molar-refractivity contribution < 1.29 is 18.3 Å². The Hall–Kier alpha value is -1.03. The van der Waals surface area contributed by atoms with Crippen LogP contribution < -0.4 is 0 Å². The summed E-state index contributed by atoms with van der Waals surface area (Å²) in [5.41, 5.74) is -0.0952. The summed E-state index contributed by atoms with van der Waals surface area (Å²) >= 11 is 0. The fraction of sp³-hybridized carbons (Fsp3) is 0.500. The number of aliphatic hydroxyl groups is 1. The lowest BCUT2D eigenvalue weighted by atomic mass is 10.0. The maximum atomic E-state index is 12.4. The maximum Gasteiger partial charge on any atom is 0.416 e. The molecule has 1 aliphatic carbocycles. The van der Waals surface area contributed by atoms with Gasteiger partial charge in [-0.05, 0) is 36.8 Å². The number of hydrogen-bond donors (Lipinski definition) is 1. The Bertz CT molecular complexity index is 369. The van der Waals surface area contributed by atoms with Crippen LogP contribution in [0.1, 0.15) is 24.0 Å². The Labute approximate surface area is 91.9 Å². The zero-order chi connectivity index (χ0) is 11.8. The molecule has 0 spiro atoms. The Morgan fingerprint density at radius 1 is 1.31 bits per heavy atom. The molecule has 0 amide bonds. The summed E-state index contributed by atoms with van der Waals surface area (Å²) in [6.07, 6.45) is -2.52. The number of hydrogen-bond acceptors (Lipinski definition) is 1. The van der Waals surface area contributed by atoms with Crippen LogP contribution in [0.25, 0.3) is 0 Å². The van der Waals surface area contributed by atoms with Crippen molar-refractivity contribution in [2.75, 3.05) is 0 Å². The zero-order valence-electron chi connectivity index (χ0n) is 8.67. The molecule has 1 aromatic carbocycles. The van der Waals surface area contributed by atoms with Crippen molar-refractivity contribution in [3.05, 3.63) is 35.4 Å². The van der Waals surface area contributed by atoms with Crippen LogP contribution in [0, 0.1) is 5.92 Å². The summed E-state index contributed by atoms with van der Waals surface area (Å²) in [4.78, 5) is 0. The van der Waals surface area contributed by atoms with E-state index < -0.39 is 17.8 Å². The summed E-state index contributed by atoms with van der Waals surface area (Å²) in [6, 6.07) is 5.18. The van der Waals surface area contributed by atoms with Gasteiger partial charge in [0.15, 0.2) is 0 Å². The highest BCUT2D eigenvalue weighted by Crippen LogP contribution is 2.35. The minimum atomic E-state index is -4.31. The average molecular weight is 230 g/mol. The van der Waals surface area contributed by atoms with E-state index >= 15 is 0 Å². The fourth-order valence-electron chi connectivity index (χ4n) is 1.76. The molecule has 1 aliphatic rings. The first-order chi connectivity index (χ1) is 7.47. The van der Waals surface area contributed by atoms with Crippen LogP contribution in [-0.4, -0.2) is 11.2 Å². The van der Waals surface area contributed by atoms with Crippen molar-refractivity contribution in [3.8, 4) is 0 Å². The second kappa shape index (κ2) is 4.09. The normalized spacial score (nSPS) is 18.5. The van der Waals surface area contributed by atoms with Crippen molar-refractivity contribution in [2.24, 2.45) is 5.92 Å². The van der Waals surface area contributed by atoms with Gasteiger partial charge in [0, 0.05) is 0 Å². The number of benzene rings is 1. The van der Waals surface area contributed by atoms with Gasteiger partial charge in [-0.25, -0.2) is 0 Å². The van der Waals surface area contributed by atoms with E-state index in [0.29, 0.717) is 12.0 Å². The molecule has 0 radical (unpaired) electrons. The number of alkyl halides is 3.